The van der Waals surface area contributed by atoms with E-state index in [-0.39, 0.29) is 11.8 Å². The van der Waals surface area contributed by atoms with Crippen molar-refractivity contribution in [3.05, 3.63) is 90.3 Å². The summed E-state index contributed by atoms with van der Waals surface area (Å²) in [5.41, 5.74) is 3.31. The van der Waals surface area contributed by atoms with Crippen LogP contribution in [0, 0.1) is 0 Å². The highest BCUT2D eigenvalue weighted by Crippen LogP contribution is 2.23. The number of thioether (sulfide) groups is 1. The number of carbonyl (C=O) groups is 2. The fraction of sp³-hybridized carbons (Fsp3) is 0.192. The summed E-state index contributed by atoms with van der Waals surface area (Å²) in [7, 11) is 0. The van der Waals surface area contributed by atoms with Crippen LogP contribution in [0.2, 0.25) is 0 Å². The molecule has 1 fully saturated rings. The van der Waals surface area contributed by atoms with Crippen LogP contribution in [0.15, 0.2) is 83.5 Å². The molecule has 1 saturated heterocycles. The molecule has 3 heterocycles. The number of carbonyl (C=O) groups excluding carboxylic acids is 2. The van der Waals surface area contributed by atoms with E-state index in [9.17, 15) is 9.59 Å². The van der Waals surface area contributed by atoms with Crippen LogP contribution in [0.3, 0.4) is 0 Å². The highest BCUT2D eigenvalue weighted by atomic mass is 32.2. The summed E-state index contributed by atoms with van der Waals surface area (Å²) in [6, 6.07) is 22.2. The van der Waals surface area contributed by atoms with Crippen molar-refractivity contribution in [3.8, 4) is 17.1 Å². The van der Waals surface area contributed by atoms with Crippen molar-refractivity contribution < 1.29 is 14.0 Å². The predicted molar refractivity (Wildman–Crippen MR) is 133 cm³/mol. The summed E-state index contributed by atoms with van der Waals surface area (Å²) < 4.78 is 7.08. The molecule has 8 heteroatoms. The average Bonchev–Trinajstić information content (AvgIpc) is 3.57. The van der Waals surface area contributed by atoms with E-state index in [4.69, 9.17) is 4.42 Å². The van der Waals surface area contributed by atoms with Gasteiger partial charge in [0.15, 0.2) is 5.76 Å². The maximum atomic E-state index is 13.2. The number of nitrogens with zero attached hydrogens (tertiary/aromatic N) is 3. The molecule has 4 aromatic rings. The third-order valence-electron chi connectivity index (χ3n) is 5.65. The normalized spacial score (nSPS) is 13.6. The third kappa shape index (κ3) is 4.92. The monoisotopic (exact) mass is 472 g/mol. The van der Waals surface area contributed by atoms with E-state index in [1.807, 2.05) is 77.3 Å². The van der Waals surface area contributed by atoms with E-state index in [0.29, 0.717) is 29.3 Å². The van der Waals surface area contributed by atoms with Crippen molar-refractivity contribution in [2.45, 2.75) is 6.42 Å². The Bertz CT molecular complexity index is 1260. The molecule has 1 N–H and O–H groups in total. The van der Waals surface area contributed by atoms with E-state index in [0.717, 1.165) is 35.8 Å². The first-order chi connectivity index (χ1) is 16.7. The molecular weight excluding hydrogens is 448 g/mol. The van der Waals surface area contributed by atoms with Crippen LogP contribution in [-0.4, -0.2) is 51.1 Å². The van der Waals surface area contributed by atoms with Gasteiger partial charge in [0.05, 0.1) is 18.4 Å². The Morgan fingerprint density at radius 3 is 2.44 bits per heavy atom. The molecule has 5 rings (SSSR count). The van der Waals surface area contributed by atoms with Crippen LogP contribution in [-0.2, 0) is 11.2 Å². The van der Waals surface area contributed by atoms with Gasteiger partial charge in [-0.15, -0.1) is 0 Å². The lowest BCUT2D eigenvalue weighted by Gasteiger charge is -2.26. The zero-order valence-electron chi connectivity index (χ0n) is 18.5. The van der Waals surface area contributed by atoms with Gasteiger partial charge in [0.1, 0.15) is 11.4 Å². The summed E-state index contributed by atoms with van der Waals surface area (Å²) in [6.45, 7) is 1.62. The van der Waals surface area contributed by atoms with E-state index in [1.165, 1.54) is 0 Å². The molecule has 34 heavy (non-hydrogen) atoms. The number of nitrogens with one attached hydrogen (secondary N) is 1. The minimum Gasteiger partial charge on any atom is -0.463 e. The SMILES string of the molecule is O=C(Nc1ccc(CC(=O)N2CCSCC2)cc1)c1cc(-c2ccco2)nn1-c1ccccc1. The van der Waals surface area contributed by atoms with Gasteiger partial charge < -0.3 is 14.6 Å². The van der Waals surface area contributed by atoms with E-state index < -0.39 is 0 Å². The minimum absolute atomic E-state index is 0.148. The van der Waals surface area contributed by atoms with Gasteiger partial charge in [0, 0.05) is 36.3 Å². The van der Waals surface area contributed by atoms with Gasteiger partial charge in [-0.25, -0.2) is 4.68 Å². The van der Waals surface area contributed by atoms with Crippen LogP contribution in [0.4, 0.5) is 5.69 Å². The summed E-state index contributed by atoms with van der Waals surface area (Å²) in [5.74, 6) is 2.44. The smallest absolute Gasteiger partial charge is 0.274 e. The number of furan rings is 1. The lowest BCUT2D eigenvalue weighted by molar-refractivity contribution is -0.130. The van der Waals surface area contributed by atoms with Crippen LogP contribution in [0.5, 0.6) is 0 Å². The topological polar surface area (TPSA) is 80.4 Å². The highest BCUT2D eigenvalue weighted by molar-refractivity contribution is 7.99. The first-order valence-corrected chi connectivity index (χ1v) is 12.3. The molecule has 2 aromatic carbocycles. The van der Waals surface area contributed by atoms with Gasteiger partial charge in [-0.3, -0.25) is 9.59 Å². The average molecular weight is 473 g/mol. The Morgan fingerprint density at radius 2 is 1.74 bits per heavy atom. The molecule has 0 spiro atoms. The lowest BCUT2D eigenvalue weighted by atomic mass is 10.1. The number of rotatable bonds is 6. The number of amides is 2. The molecule has 172 valence electrons. The Morgan fingerprint density at radius 1 is 0.971 bits per heavy atom. The van der Waals surface area contributed by atoms with Gasteiger partial charge in [-0.2, -0.15) is 16.9 Å². The van der Waals surface area contributed by atoms with E-state index in [1.54, 1.807) is 23.1 Å². The summed E-state index contributed by atoms with van der Waals surface area (Å²) in [4.78, 5) is 27.6. The molecule has 0 bridgehead atoms. The van der Waals surface area contributed by atoms with Gasteiger partial charge in [0.2, 0.25) is 5.91 Å². The second-order valence-corrected chi connectivity index (χ2v) is 9.19. The zero-order chi connectivity index (χ0) is 23.3. The molecular formula is C26H24N4O3S. The van der Waals surface area contributed by atoms with E-state index >= 15 is 0 Å². The van der Waals surface area contributed by atoms with Crippen molar-refractivity contribution in [2.24, 2.45) is 0 Å². The largest absolute Gasteiger partial charge is 0.463 e. The van der Waals surface area contributed by atoms with Gasteiger partial charge in [0.25, 0.3) is 5.91 Å². The molecule has 0 unspecified atom stereocenters. The van der Waals surface area contributed by atoms with Crippen molar-refractivity contribution in [3.63, 3.8) is 0 Å². The number of anilines is 1. The summed E-state index contributed by atoms with van der Waals surface area (Å²) >= 11 is 1.88. The van der Waals surface area contributed by atoms with Crippen LogP contribution >= 0.6 is 11.8 Å². The Kier molecular flexibility index (Phi) is 6.49. The molecule has 1 aliphatic rings. The summed E-state index contributed by atoms with van der Waals surface area (Å²) in [6.07, 6.45) is 1.94. The molecule has 0 radical (unpaired) electrons. The molecule has 7 nitrogen and oxygen atoms in total. The van der Waals surface area contributed by atoms with Gasteiger partial charge >= 0.3 is 0 Å². The molecule has 2 aromatic heterocycles. The van der Waals surface area contributed by atoms with Crippen molar-refractivity contribution in [2.75, 3.05) is 29.9 Å². The molecule has 1 aliphatic heterocycles. The van der Waals surface area contributed by atoms with Crippen LogP contribution in [0.25, 0.3) is 17.1 Å². The predicted octanol–water partition coefficient (Wildman–Crippen LogP) is 4.50. The maximum absolute atomic E-state index is 13.2. The molecule has 0 aliphatic carbocycles. The summed E-state index contributed by atoms with van der Waals surface area (Å²) in [5, 5.41) is 7.54. The Hall–Kier alpha value is -3.78. The van der Waals surface area contributed by atoms with Crippen molar-refractivity contribution >= 4 is 29.3 Å². The first kappa shape index (κ1) is 22.0. The maximum Gasteiger partial charge on any atom is 0.274 e. The quantitative estimate of drug-likeness (QED) is 0.447. The highest BCUT2D eigenvalue weighted by Gasteiger charge is 2.20. The minimum atomic E-state index is -0.288. The number of hydrogen-bond donors (Lipinski definition) is 1. The molecule has 2 amide bonds. The number of benzene rings is 2. The van der Waals surface area contributed by atoms with Gasteiger partial charge in [-0.05, 0) is 42.0 Å². The zero-order valence-corrected chi connectivity index (χ0v) is 19.3. The van der Waals surface area contributed by atoms with Crippen molar-refractivity contribution in [1.82, 2.24) is 14.7 Å². The molecule has 0 saturated carbocycles. The van der Waals surface area contributed by atoms with Gasteiger partial charge in [-0.1, -0.05) is 30.3 Å². The number of para-hydroxylation sites is 1. The van der Waals surface area contributed by atoms with Crippen LogP contribution < -0.4 is 5.32 Å². The molecule has 0 atom stereocenters. The number of aromatic nitrogens is 2. The second kappa shape index (κ2) is 10.0. The van der Waals surface area contributed by atoms with Crippen molar-refractivity contribution in [1.29, 1.82) is 0 Å². The fourth-order valence-electron chi connectivity index (χ4n) is 3.85. The Labute approximate surface area is 201 Å². The third-order valence-corrected chi connectivity index (χ3v) is 6.59. The fourth-order valence-corrected chi connectivity index (χ4v) is 4.76. The Balaban J connectivity index is 1.32. The second-order valence-electron chi connectivity index (χ2n) is 7.96. The lowest BCUT2D eigenvalue weighted by Crippen LogP contribution is -2.38. The standard InChI is InChI=1S/C26H24N4O3S/c31-25(29-12-15-34-16-13-29)17-19-8-10-20(11-9-19)27-26(32)23-18-22(24-7-4-14-33-24)28-30(23)21-5-2-1-3-6-21/h1-11,14,18H,12-13,15-17H2,(H,27,32). The first-order valence-electron chi connectivity index (χ1n) is 11.1. The number of hydrogen-bond acceptors (Lipinski definition) is 5. The van der Waals surface area contributed by atoms with E-state index in [2.05, 4.69) is 10.4 Å². The van der Waals surface area contributed by atoms with Crippen LogP contribution in [0.1, 0.15) is 16.1 Å².